The van der Waals surface area contributed by atoms with Gasteiger partial charge in [0.1, 0.15) is 11.3 Å². The SMILES string of the molecule is CCc1nc(C)c2nnc3ccc(OC)nc3n12. The summed E-state index contributed by atoms with van der Waals surface area (Å²) in [5.74, 6) is 1.49. The normalized spacial score (nSPS) is 11.3. The van der Waals surface area contributed by atoms with E-state index in [-0.39, 0.29) is 0 Å². The Kier molecular flexibility index (Phi) is 2.36. The Balaban J connectivity index is 2.49. The highest BCUT2D eigenvalue weighted by atomic mass is 16.5. The first-order valence-corrected chi connectivity index (χ1v) is 5.80. The monoisotopic (exact) mass is 243 g/mol. The molecule has 0 saturated heterocycles. The average molecular weight is 243 g/mol. The number of rotatable bonds is 2. The number of hydrogen-bond donors (Lipinski definition) is 0. The minimum absolute atomic E-state index is 0.560. The first kappa shape index (κ1) is 10.9. The van der Waals surface area contributed by atoms with Crippen LogP contribution in [-0.2, 0) is 6.42 Å². The lowest BCUT2D eigenvalue weighted by molar-refractivity contribution is 0.399. The fraction of sp³-hybridized carbons (Fsp3) is 0.333. The van der Waals surface area contributed by atoms with Crippen LogP contribution in [0.1, 0.15) is 18.4 Å². The second-order valence-corrected chi connectivity index (χ2v) is 4.02. The summed E-state index contributed by atoms with van der Waals surface area (Å²) in [5, 5.41) is 8.37. The lowest BCUT2D eigenvalue weighted by Crippen LogP contribution is -2.01. The van der Waals surface area contributed by atoms with E-state index in [1.165, 1.54) is 0 Å². The van der Waals surface area contributed by atoms with E-state index in [4.69, 9.17) is 4.74 Å². The third-order valence-electron chi connectivity index (χ3n) is 2.91. The zero-order valence-corrected chi connectivity index (χ0v) is 10.5. The number of aromatic nitrogens is 5. The van der Waals surface area contributed by atoms with E-state index in [1.54, 1.807) is 13.2 Å². The maximum absolute atomic E-state index is 5.16. The number of pyridine rings is 1. The number of methoxy groups -OCH3 is 1. The van der Waals surface area contributed by atoms with E-state index in [2.05, 4.69) is 27.1 Å². The molecule has 6 nitrogen and oxygen atoms in total. The van der Waals surface area contributed by atoms with Gasteiger partial charge in [0.25, 0.3) is 0 Å². The maximum Gasteiger partial charge on any atom is 0.215 e. The third-order valence-corrected chi connectivity index (χ3v) is 2.91. The molecule has 0 saturated carbocycles. The Bertz CT molecular complexity index is 734. The molecule has 0 atom stereocenters. The van der Waals surface area contributed by atoms with Crippen LogP contribution in [-0.4, -0.2) is 31.7 Å². The van der Waals surface area contributed by atoms with Crippen LogP contribution in [0.2, 0.25) is 0 Å². The van der Waals surface area contributed by atoms with E-state index in [9.17, 15) is 0 Å². The standard InChI is InChI=1S/C12H13N5O/c1-4-9-13-7(2)11-16-15-8-5-6-10(18-3)14-12(8)17(9)11/h5-6H,4H2,1-3H3. The van der Waals surface area contributed by atoms with Gasteiger partial charge in [0, 0.05) is 12.5 Å². The summed E-state index contributed by atoms with van der Waals surface area (Å²) >= 11 is 0. The van der Waals surface area contributed by atoms with Crippen molar-refractivity contribution in [3.05, 3.63) is 23.7 Å². The summed E-state index contributed by atoms with van der Waals surface area (Å²) < 4.78 is 7.10. The van der Waals surface area contributed by atoms with Crippen LogP contribution in [0.3, 0.4) is 0 Å². The highest BCUT2D eigenvalue weighted by Crippen LogP contribution is 2.18. The first-order valence-electron chi connectivity index (χ1n) is 5.80. The molecule has 3 aromatic heterocycles. The van der Waals surface area contributed by atoms with Gasteiger partial charge in [-0.1, -0.05) is 6.92 Å². The number of hydrogen-bond acceptors (Lipinski definition) is 5. The fourth-order valence-corrected chi connectivity index (χ4v) is 2.04. The molecule has 0 fully saturated rings. The zero-order valence-electron chi connectivity index (χ0n) is 10.5. The number of aryl methyl sites for hydroxylation is 2. The molecule has 3 rings (SSSR count). The molecule has 0 bridgehead atoms. The predicted octanol–water partition coefficient (Wildman–Crippen LogP) is 1.55. The molecule has 0 amide bonds. The van der Waals surface area contributed by atoms with Crippen molar-refractivity contribution in [2.75, 3.05) is 7.11 Å². The van der Waals surface area contributed by atoms with Crippen molar-refractivity contribution in [1.82, 2.24) is 24.6 Å². The highest BCUT2D eigenvalue weighted by molar-refractivity contribution is 5.73. The molecular weight excluding hydrogens is 230 g/mol. The van der Waals surface area contributed by atoms with Crippen LogP contribution < -0.4 is 4.74 Å². The summed E-state index contributed by atoms with van der Waals surface area (Å²) in [7, 11) is 1.60. The minimum atomic E-state index is 0.560. The summed E-state index contributed by atoms with van der Waals surface area (Å²) in [5.41, 5.74) is 3.08. The predicted molar refractivity (Wildman–Crippen MR) is 66.8 cm³/mol. The van der Waals surface area contributed by atoms with Crippen LogP contribution in [0.5, 0.6) is 5.88 Å². The first-order chi connectivity index (χ1) is 8.74. The molecule has 0 unspecified atom stereocenters. The van der Waals surface area contributed by atoms with Crippen molar-refractivity contribution >= 4 is 16.8 Å². The van der Waals surface area contributed by atoms with Crippen LogP contribution in [0.25, 0.3) is 16.8 Å². The molecule has 0 spiro atoms. The summed E-state index contributed by atoms with van der Waals surface area (Å²) in [4.78, 5) is 8.94. The summed E-state index contributed by atoms with van der Waals surface area (Å²) in [6.07, 6.45) is 0.814. The van der Waals surface area contributed by atoms with Crippen LogP contribution in [0.4, 0.5) is 0 Å². The third kappa shape index (κ3) is 1.42. The largest absolute Gasteiger partial charge is 0.481 e. The Labute approximate surface area is 104 Å². The van der Waals surface area contributed by atoms with Crippen molar-refractivity contribution in [3.8, 4) is 5.88 Å². The molecule has 6 heteroatoms. The molecule has 3 heterocycles. The molecule has 92 valence electrons. The van der Waals surface area contributed by atoms with Gasteiger partial charge in [0.05, 0.1) is 12.8 Å². The van der Waals surface area contributed by atoms with Crippen LogP contribution in [0, 0.1) is 6.92 Å². The number of imidazole rings is 1. The smallest absolute Gasteiger partial charge is 0.215 e. The van der Waals surface area contributed by atoms with Gasteiger partial charge < -0.3 is 4.74 Å². The average Bonchev–Trinajstić information content (AvgIpc) is 2.75. The van der Waals surface area contributed by atoms with Crippen molar-refractivity contribution in [2.45, 2.75) is 20.3 Å². The molecule has 0 aliphatic heterocycles. The highest BCUT2D eigenvalue weighted by Gasteiger charge is 2.13. The Hall–Kier alpha value is -2.24. The Morgan fingerprint density at radius 2 is 2.00 bits per heavy atom. The fourth-order valence-electron chi connectivity index (χ4n) is 2.04. The molecule has 0 radical (unpaired) electrons. The topological polar surface area (TPSA) is 65.2 Å². The minimum Gasteiger partial charge on any atom is -0.481 e. The van der Waals surface area contributed by atoms with Crippen LogP contribution in [0.15, 0.2) is 12.1 Å². The van der Waals surface area contributed by atoms with Gasteiger partial charge in [0.15, 0.2) is 11.3 Å². The molecule has 18 heavy (non-hydrogen) atoms. The second-order valence-electron chi connectivity index (χ2n) is 4.02. The van der Waals surface area contributed by atoms with Gasteiger partial charge >= 0.3 is 0 Å². The van der Waals surface area contributed by atoms with Gasteiger partial charge in [0.2, 0.25) is 5.88 Å². The van der Waals surface area contributed by atoms with Crippen LogP contribution >= 0.6 is 0 Å². The van der Waals surface area contributed by atoms with Gasteiger partial charge in [-0.2, -0.15) is 4.98 Å². The van der Waals surface area contributed by atoms with Crippen molar-refractivity contribution < 1.29 is 4.74 Å². The molecular formula is C12H13N5O. The number of nitrogens with zero attached hydrogens (tertiary/aromatic N) is 5. The van der Waals surface area contributed by atoms with E-state index in [0.717, 1.165) is 34.8 Å². The van der Waals surface area contributed by atoms with Crippen molar-refractivity contribution in [3.63, 3.8) is 0 Å². The lowest BCUT2D eigenvalue weighted by Gasteiger charge is -2.04. The lowest BCUT2D eigenvalue weighted by atomic mass is 10.4. The van der Waals surface area contributed by atoms with E-state index >= 15 is 0 Å². The van der Waals surface area contributed by atoms with Gasteiger partial charge in [-0.05, 0) is 13.0 Å². The number of fused-ring (bicyclic) bond motifs is 3. The van der Waals surface area contributed by atoms with Crippen molar-refractivity contribution in [2.24, 2.45) is 0 Å². The molecule has 0 aliphatic rings. The quantitative estimate of drug-likeness (QED) is 0.683. The number of ether oxygens (including phenoxy) is 1. The van der Waals surface area contributed by atoms with E-state index in [1.807, 2.05) is 17.4 Å². The van der Waals surface area contributed by atoms with Gasteiger partial charge in [-0.3, -0.25) is 4.40 Å². The molecule has 3 aromatic rings. The van der Waals surface area contributed by atoms with E-state index < -0.39 is 0 Å². The molecule has 0 N–H and O–H groups in total. The maximum atomic E-state index is 5.16. The Morgan fingerprint density at radius 1 is 1.17 bits per heavy atom. The van der Waals surface area contributed by atoms with E-state index in [0.29, 0.717) is 5.88 Å². The van der Waals surface area contributed by atoms with Gasteiger partial charge in [-0.15, -0.1) is 10.2 Å². The molecule has 0 aliphatic carbocycles. The zero-order chi connectivity index (χ0) is 12.7. The van der Waals surface area contributed by atoms with Gasteiger partial charge in [-0.25, -0.2) is 4.98 Å². The Morgan fingerprint density at radius 3 is 2.72 bits per heavy atom. The molecule has 0 aromatic carbocycles. The van der Waals surface area contributed by atoms with Crippen molar-refractivity contribution in [1.29, 1.82) is 0 Å². The summed E-state index contributed by atoms with van der Waals surface area (Å²) in [6, 6.07) is 3.63. The summed E-state index contributed by atoms with van der Waals surface area (Å²) in [6.45, 7) is 3.98. The second kappa shape index (κ2) is 3.90.